The van der Waals surface area contributed by atoms with E-state index in [2.05, 4.69) is 44.2 Å². The van der Waals surface area contributed by atoms with Crippen LogP contribution in [-0.4, -0.2) is 11.7 Å². The maximum Gasteiger partial charge on any atom is 0.0645 e. The lowest BCUT2D eigenvalue weighted by Gasteiger charge is -2.03. The maximum absolute atomic E-state index is 9.20. The SMILES string of the molecule is CCCC/C(=C\c1ccc(C)cc1)CO. The molecule has 0 heterocycles. The summed E-state index contributed by atoms with van der Waals surface area (Å²) in [6.07, 6.45) is 5.42. The Bertz CT molecular complexity index is 309. The van der Waals surface area contributed by atoms with Gasteiger partial charge < -0.3 is 5.11 Å². The van der Waals surface area contributed by atoms with Gasteiger partial charge in [-0.05, 0) is 30.9 Å². The van der Waals surface area contributed by atoms with Crippen molar-refractivity contribution in [1.82, 2.24) is 0 Å². The second kappa shape index (κ2) is 6.41. The lowest BCUT2D eigenvalue weighted by Crippen LogP contribution is -1.90. The van der Waals surface area contributed by atoms with Gasteiger partial charge in [0.1, 0.15) is 0 Å². The van der Waals surface area contributed by atoms with Crippen molar-refractivity contribution in [3.8, 4) is 0 Å². The standard InChI is InChI=1S/C14H20O/c1-3-4-5-14(11-15)10-13-8-6-12(2)7-9-13/h6-10,15H,3-5,11H2,1-2H3/b14-10+. The van der Waals surface area contributed by atoms with Gasteiger partial charge in [-0.3, -0.25) is 0 Å². The van der Waals surface area contributed by atoms with Crippen molar-refractivity contribution in [2.24, 2.45) is 0 Å². The summed E-state index contributed by atoms with van der Waals surface area (Å²) in [6, 6.07) is 8.38. The first kappa shape index (κ1) is 12.0. The van der Waals surface area contributed by atoms with Crippen LogP contribution in [-0.2, 0) is 0 Å². The largest absolute Gasteiger partial charge is 0.392 e. The molecule has 1 N–H and O–H groups in total. The van der Waals surface area contributed by atoms with Crippen LogP contribution in [0.1, 0.15) is 37.3 Å². The third-order valence-corrected chi connectivity index (χ3v) is 2.50. The molecule has 1 heteroatoms. The Kier molecular flexibility index (Phi) is 5.13. The van der Waals surface area contributed by atoms with Crippen LogP contribution in [0.25, 0.3) is 6.08 Å². The number of benzene rings is 1. The van der Waals surface area contributed by atoms with Crippen LogP contribution in [0.3, 0.4) is 0 Å². The van der Waals surface area contributed by atoms with E-state index in [9.17, 15) is 5.11 Å². The average molecular weight is 204 g/mol. The number of hydrogen-bond acceptors (Lipinski definition) is 1. The molecule has 0 saturated heterocycles. The molecule has 1 aromatic rings. The van der Waals surface area contributed by atoms with Crippen LogP contribution in [0.2, 0.25) is 0 Å². The van der Waals surface area contributed by atoms with Gasteiger partial charge in [0.15, 0.2) is 0 Å². The first-order valence-corrected chi connectivity index (χ1v) is 5.63. The van der Waals surface area contributed by atoms with Gasteiger partial charge in [-0.1, -0.05) is 49.2 Å². The van der Waals surface area contributed by atoms with E-state index in [0.29, 0.717) is 0 Å². The van der Waals surface area contributed by atoms with Crippen LogP contribution in [0.15, 0.2) is 29.8 Å². The van der Waals surface area contributed by atoms with Crippen molar-refractivity contribution >= 4 is 6.08 Å². The minimum Gasteiger partial charge on any atom is -0.392 e. The minimum atomic E-state index is 0.174. The van der Waals surface area contributed by atoms with E-state index in [1.165, 1.54) is 17.5 Å². The van der Waals surface area contributed by atoms with Gasteiger partial charge in [0.2, 0.25) is 0 Å². The number of hydrogen-bond donors (Lipinski definition) is 1. The molecule has 0 amide bonds. The number of rotatable bonds is 5. The average Bonchev–Trinajstić information content (AvgIpc) is 2.27. The van der Waals surface area contributed by atoms with Crippen molar-refractivity contribution < 1.29 is 5.11 Å². The van der Waals surface area contributed by atoms with E-state index in [4.69, 9.17) is 0 Å². The molecule has 0 aromatic heterocycles. The smallest absolute Gasteiger partial charge is 0.0645 e. The quantitative estimate of drug-likeness (QED) is 0.777. The summed E-state index contributed by atoms with van der Waals surface area (Å²) in [5.74, 6) is 0. The van der Waals surface area contributed by atoms with Crippen molar-refractivity contribution in [2.75, 3.05) is 6.61 Å². The molecule has 0 spiro atoms. The normalized spacial score (nSPS) is 11.8. The number of aliphatic hydroxyl groups is 1. The van der Waals surface area contributed by atoms with Crippen LogP contribution in [0, 0.1) is 6.92 Å². The summed E-state index contributed by atoms with van der Waals surface area (Å²) in [5, 5.41) is 9.20. The molecule has 0 saturated carbocycles. The predicted octanol–water partition coefficient (Wildman–Crippen LogP) is 3.56. The Morgan fingerprint density at radius 3 is 2.47 bits per heavy atom. The van der Waals surface area contributed by atoms with Gasteiger partial charge in [0.25, 0.3) is 0 Å². The highest BCUT2D eigenvalue weighted by Gasteiger charge is 1.96. The highest BCUT2D eigenvalue weighted by molar-refractivity contribution is 5.53. The van der Waals surface area contributed by atoms with Gasteiger partial charge in [-0.2, -0.15) is 0 Å². The zero-order valence-corrected chi connectivity index (χ0v) is 9.66. The van der Waals surface area contributed by atoms with Crippen molar-refractivity contribution in [3.05, 3.63) is 41.0 Å². The molecule has 0 aliphatic rings. The third kappa shape index (κ3) is 4.30. The zero-order chi connectivity index (χ0) is 11.1. The van der Waals surface area contributed by atoms with Crippen molar-refractivity contribution in [2.45, 2.75) is 33.1 Å². The number of unbranched alkanes of at least 4 members (excludes halogenated alkanes) is 1. The highest BCUT2D eigenvalue weighted by Crippen LogP contribution is 2.13. The van der Waals surface area contributed by atoms with E-state index >= 15 is 0 Å². The topological polar surface area (TPSA) is 20.2 Å². The van der Waals surface area contributed by atoms with Crippen molar-refractivity contribution in [3.63, 3.8) is 0 Å². The van der Waals surface area contributed by atoms with Gasteiger partial charge in [-0.25, -0.2) is 0 Å². The molecule has 15 heavy (non-hydrogen) atoms. The first-order valence-electron chi connectivity index (χ1n) is 5.63. The summed E-state index contributed by atoms with van der Waals surface area (Å²) in [5.41, 5.74) is 3.58. The molecule has 1 rings (SSSR count). The molecule has 82 valence electrons. The number of aryl methyl sites for hydroxylation is 1. The Morgan fingerprint density at radius 2 is 1.93 bits per heavy atom. The van der Waals surface area contributed by atoms with E-state index in [-0.39, 0.29) is 6.61 Å². The van der Waals surface area contributed by atoms with E-state index < -0.39 is 0 Å². The van der Waals surface area contributed by atoms with Crippen molar-refractivity contribution in [1.29, 1.82) is 0 Å². The fourth-order valence-electron chi connectivity index (χ4n) is 1.50. The second-order valence-electron chi connectivity index (χ2n) is 3.97. The molecular formula is C14H20O. The van der Waals surface area contributed by atoms with E-state index in [0.717, 1.165) is 18.4 Å². The zero-order valence-electron chi connectivity index (χ0n) is 9.66. The minimum absolute atomic E-state index is 0.174. The van der Waals surface area contributed by atoms with Gasteiger partial charge in [-0.15, -0.1) is 0 Å². The molecule has 0 radical (unpaired) electrons. The van der Waals surface area contributed by atoms with E-state index in [1.807, 2.05) is 0 Å². The molecule has 0 bridgehead atoms. The molecule has 1 aromatic carbocycles. The molecule has 0 aliphatic carbocycles. The van der Waals surface area contributed by atoms with Crippen LogP contribution >= 0.6 is 0 Å². The molecule has 0 fully saturated rings. The summed E-state index contributed by atoms with van der Waals surface area (Å²) in [4.78, 5) is 0. The number of aliphatic hydroxyl groups excluding tert-OH is 1. The Labute approximate surface area is 92.5 Å². The van der Waals surface area contributed by atoms with Crippen LogP contribution in [0.5, 0.6) is 0 Å². The summed E-state index contributed by atoms with van der Waals surface area (Å²) in [6.45, 7) is 4.42. The monoisotopic (exact) mass is 204 g/mol. The van der Waals surface area contributed by atoms with E-state index in [1.54, 1.807) is 0 Å². The Morgan fingerprint density at radius 1 is 1.27 bits per heavy atom. The first-order chi connectivity index (χ1) is 7.26. The summed E-state index contributed by atoms with van der Waals surface area (Å²) >= 11 is 0. The second-order valence-corrected chi connectivity index (χ2v) is 3.97. The fourth-order valence-corrected chi connectivity index (χ4v) is 1.50. The molecule has 0 unspecified atom stereocenters. The summed E-state index contributed by atoms with van der Waals surface area (Å²) < 4.78 is 0. The van der Waals surface area contributed by atoms with Gasteiger partial charge in [0.05, 0.1) is 6.61 Å². The highest BCUT2D eigenvalue weighted by atomic mass is 16.3. The Hall–Kier alpha value is -1.08. The molecule has 0 aliphatic heterocycles. The van der Waals surface area contributed by atoms with Gasteiger partial charge >= 0.3 is 0 Å². The maximum atomic E-state index is 9.20. The molecule has 1 nitrogen and oxygen atoms in total. The Balaban J connectivity index is 2.69. The lowest BCUT2D eigenvalue weighted by molar-refractivity contribution is 0.327. The molecule has 0 atom stereocenters. The fraction of sp³-hybridized carbons (Fsp3) is 0.429. The lowest BCUT2D eigenvalue weighted by atomic mass is 10.1. The predicted molar refractivity (Wildman–Crippen MR) is 65.8 cm³/mol. The molecular weight excluding hydrogens is 184 g/mol. The van der Waals surface area contributed by atoms with Crippen LogP contribution < -0.4 is 0 Å². The third-order valence-electron chi connectivity index (χ3n) is 2.50. The van der Waals surface area contributed by atoms with Gasteiger partial charge in [0, 0.05) is 0 Å². The van der Waals surface area contributed by atoms with Crippen LogP contribution in [0.4, 0.5) is 0 Å². The summed E-state index contributed by atoms with van der Waals surface area (Å²) in [7, 11) is 0.